The molecule has 0 aliphatic carbocycles. The zero-order valence-electron chi connectivity index (χ0n) is 25.7. The van der Waals surface area contributed by atoms with Crippen LogP contribution in [0.1, 0.15) is 53.0 Å². The quantitative estimate of drug-likeness (QED) is 0.0716. The molecule has 0 amide bonds. The van der Waals surface area contributed by atoms with Crippen molar-refractivity contribution in [3.8, 4) is 23.0 Å². The number of alkyl halides is 1. The van der Waals surface area contributed by atoms with Gasteiger partial charge < -0.3 is 28.4 Å². The van der Waals surface area contributed by atoms with Gasteiger partial charge in [-0.15, -0.1) is 0 Å². The van der Waals surface area contributed by atoms with E-state index in [0.717, 1.165) is 0 Å². The smallest absolute Gasteiger partial charge is 0.343 e. The van der Waals surface area contributed by atoms with E-state index >= 15 is 0 Å². The molecule has 242 valence electrons. The summed E-state index contributed by atoms with van der Waals surface area (Å²) in [6.45, 7) is 10.2. The molecule has 0 N–H and O–H groups in total. The van der Waals surface area contributed by atoms with E-state index in [0.29, 0.717) is 48.7 Å². The van der Waals surface area contributed by atoms with Gasteiger partial charge in [0.1, 0.15) is 29.7 Å². The lowest BCUT2D eigenvalue weighted by Gasteiger charge is -2.11. The second kappa shape index (κ2) is 17.7. The first-order valence-electron chi connectivity index (χ1n) is 14.3. The van der Waals surface area contributed by atoms with Crippen molar-refractivity contribution in [1.82, 2.24) is 0 Å². The van der Waals surface area contributed by atoms with Gasteiger partial charge in [0.15, 0.2) is 0 Å². The summed E-state index contributed by atoms with van der Waals surface area (Å²) < 4.78 is 45.8. The Morgan fingerprint density at radius 2 is 1.04 bits per heavy atom. The Morgan fingerprint density at radius 1 is 0.609 bits per heavy atom. The van der Waals surface area contributed by atoms with Gasteiger partial charge >= 0.3 is 23.9 Å². The highest BCUT2D eigenvalue weighted by Crippen LogP contribution is 2.27. The topological polar surface area (TPSA) is 124 Å². The summed E-state index contributed by atoms with van der Waals surface area (Å²) in [6, 6.07) is 16.4. The average Bonchev–Trinajstić information content (AvgIpc) is 3.05. The van der Waals surface area contributed by atoms with Crippen LogP contribution in [0.5, 0.6) is 23.0 Å². The zero-order chi connectivity index (χ0) is 33.5. The molecule has 0 atom stereocenters. The highest BCUT2D eigenvalue weighted by Gasteiger charge is 2.16. The number of carbonyl (C=O) groups is 4. The molecule has 0 fully saturated rings. The lowest BCUT2D eigenvalue weighted by Crippen LogP contribution is -2.11. The van der Waals surface area contributed by atoms with Gasteiger partial charge in [-0.2, -0.15) is 0 Å². The van der Waals surface area contributed by atoms with E-state index in [1.165, 1.54) is 42.5 Å². The fourth-order valence-electron chi connectivity index (χ4n) is 3.60. The molecule has 3 aromatic carbocycles. The number of esters is 4. The number of carbonyl (C=O) groups excluding carboxylic acids is 4. The van der Waals surface area contributed by atoms with Gasteiger partial charge in [-0.05, 0) is 80.6 Å². The molecule has 0 radical (unpaired) electrons. The highest BCUT2D eigenvalue weighted by atomic mass is 19.1. The van der Waals surface area contributed by atoms with Gasteiger partial charge in [-0.3, -0.25) is 0 Å². The van der Waals surface area contributed by atoms with Crippen molar-refractivity contribution in [3.63, 3.8) is 0 Å². The molecule has 0 aliphatic rings. The van der Waals surface area contributed by atoms with E-state index < -0.39 is 30.6 Å². The maximum absolute atomic E-state index is 13.8. The van der Waals surface area contributed by atoms with E-state index in [9.17, 15) is 23.6 Å². The van der Waals surface area contributed by atoms with E-state index in [1.54, 1.807) is 38.1 Å². The van der Waals surface area contributed by atoms with E-state index in [4.69, 9.17) is 28.4 Å². The molecule has 0 saturated heterocycles. The Kier molecular flexibility index (Phi) is 13.5. The molecule has 3 rings (SSSR count). The van der Waals surface area contributed by atoms with Gasteiger partial charge in [0.2, 0.25) is 0 Å². The summed E-state index contributed by atoms with van der Waals surface area (Å²) in [5.74, 6) is -1.26. The molecule has 10 nitrogen and oxygen atoms in total. The van der Waals surface area contributed by atoms with E-state index in [1.807, 2.05) is 0 Å². The SMILES string of the molecule is C=C(C)C(=O)OCCCOc1ccc(C(=O)Oc2ccc(OC(=O)c3ccc(OCCCOC(=O)C(=C)C)cc3)c(CF)c2)cc1. The van der Waals surface area contributed by atoms with Crippen LogP contribution in [0.25, 0.3) is 0 Å². The van der Waals surface area contributed by atoms with Crippen LogP contribution in [0, 0.1) is 0 Å². The maximum atomic E-state index is 13.8. The number of rotatable bonds is 17. The fourth-order valence-corrected chi connectivity index (χ4v) is 3.60. The first kappa shape index (κ1) is 35.0. The largest absolute Gasteiger partial charge is 0.493 e. The molecular formula is C35H35FO10. The number of ether oxygens (including phenoxy) is 6. The summed E-state index contributed by atoms with van der Waals surface area (Å²) in [5.41, 5.74) is 1.11. The van der Waals surface area contributed by atoms with Crippen molar-refractivity contribution in [2.24, 2.45) is 0 Å². The predicted octanol–water partition coefficient (Wildman–Crippen LogP) is 6.37. The number of hydrogen-bond acceptors (Lipinski definition) is 10. The molecule has 0 aliphatic heterocycles. The lowest BCUT2D eigenvalue weighted by molar-refractivity contribution is -0.140. The van der Waals surface area contributed by atoms with Gasteiger partial charge in [0.05, 0.1) is 37.6 Å². The van der Waals surface area contributed by atoms with Crippen LogP contribution < -0.4 is 18.9 Å². The summed E-state index contributed by atoms with van der Waals surface area (Å²) in [4.78, 5) is 48.1. The Balaban J connectivity index is 1.47. The van der Waals surface area contributed by atoms with Crippen LogP contribution in [0.3, 0.4) is 0 Å². The molecule has 0 aromatic heterocycles. The molecule has 0 spiro atoms. The van der Waals surface area contributed by atoms with Crippen LogP contribution in [-0.2, 0) is 25.7 Å². The van der Waals surface area contributed by atoms with Crippen molar-refractivity contribution in [2.75, 3.05) is 26.4 Å². The second-order valence-electron chi connectivity index (χ2n) is 9.97. The third-order valence-corrected chi connectivity index (χ3v) is 6.05. The standard InChI is InChI=1S/C35H35FO10/c1-23(2)32(37)43-19-5-17-41-28-11-7-25(8-12-28)34(39)45-30-15-16-31(27(21-30)22-36)46-35(40)26-9-13-29(14-10-26)42-18-6-20-44-33(38)24(3)4/h7-16,21H,1,3,5-6,17-20,22H2,2,4H3. The predicted molar refractivity (Wildman–Crippen MR) is 166 cm³/mol. The summed E-state index contributed by atoms with van der Waals surface area (Å²) in [6.07, 6.45) is 0.950. The number of halogens is 1. The van der Waals surface area contributed by atoms with Gasteiger partial charge in [0.25, 0.3) is 0 Å². The molecule has 11 heteroatoms. The molecular weight excluding hydrogens is 599 g/mol. The minimum Gasteiger partial charge on any atom is -0.493 e. The molecule has 0 saturated carbocycles. The van der Waals surface area contributed by atoms with Crippen LogP contribution in [0.4, 0.5) is 4.39 Å². The summed E-state index contributed by atoms with van der Waals surface area (Å²) >= 11 is 0. The molecule has 0 heterocycles. The first-order chi connectivity index (χ1) is 22.1. The van der Waals surface area contributed by atoms with Crippen LogP contribution >= 0.6 is 0 Å². The Labute approximate surface area is 266 Å². The zero-order valence-corrected chi connectivity index (χ0v) is 25.7. The van der Waals surface area contributed by atoms with Crippen molar-refractivity contribution >= 4 is 23.9 Å². The van der Waals surface area contributed by atoms with Gasteiger partial charge in [-0.25, -0.2) is 23.6 Å². The second-order valence-corrected chi connectivity index (χ2v) is 9.97. The third-order valence-electron chi connectivity index (χ3n) is 6.05. The van der Waals surface area contributed by atoms with Gasteiger partial charge in [-0.1, -0.05) is 13.2 Å². The molecule has 0 unspecified atom stereocenters. The maximum Gasteiger partial charge on any atom is 0.343 e. The first-order valence-corrected chi connectivity index (χ1v) is 14.3. The minimum atomic E-state index is -0.971. The fraction of sp³-hybridized carbons (Fsp3) is 0.257. The molecule has 46 heavy (non-hydrogen) atoms. The third kappa shape index (κ3) is 11.2. The van der Waals surface area contributed by atoms with Crippen LogP contribution in [-0.4, -0.2) is 50.3 Å². The number of benzene rings is 3. The highest BCUT2D eigenvalue weighted by molar-refractivity contribution is 5.92. The lowest BCUT2D eigenvalue weighted by atomic mass is 10.2. The normalized spacial score (nSPS) is 10.3. The van der Waals surface area contributed by atoms with E-state index in [-0.39, 0.29) is 41.4 Å². The Bertz CT molecular complexity index is 1540. The van der Waals surface area contributed by atoms with Crippen molar-refractivity contribution in [1.29, 1.82) is 0 Å². The average molecular weight is 635 g/mol. The molecule has 3 aromatic rings. The van der Waals surface area contributed by atoms with Crippen molar-refractivity contribution in [3.05, 3.63) is 108 Å². The molecule has 0 bridgehead atoms. The Morgan fingerprint density at radius 3 is 1.48 bits per heavy atom. The number of hydrogen-bond donors (Lipinski definition) is 0. The van der Waals surface area contributed by atoms with Crippen LogP contribution in [0.15, 0.2) is 91.0 Å². The summed E-state index contributed by atoms with van der Waals surface area (Å²) in [5, 5.41) is 0. The van der Waals surface area contributed by atoms with Gasteiger partial charge in [0, 0.05) is 29.6 Å². The van der Waals surface area contributed by atoms with Crippen molar-refractivity contribution in [2.45, 2.75) is 33.4 Å². The minimum absolute atomic E-state index is 0.0173. The van der Waals surface area contributed by atoms with Crippen LogP contribution in [0.2, 0.25) is 0 Å². The van der Waals surface area contributed by atoms with E-state index in [2.05, 4.69) is 13.2 Å². The monoisotopic (exact) mass is 634 g/mol. The Hall–Kier alpha value is -5.45. The summed E-state index contributed by atoms with van der Waals surface area (Å²) in [7, 11) is 0. The van der Waals surface area contributed by atoms with Crippen molar-refractivity contribution < 1.29 is 52.0 Å².